The number of rotatable bonds is 5. The number of anilines is 1. The highest BCUT2D eigenvalue weighted by molar-refractivity contribution is 6.39. The largest absolute Gasteiger partial charge is 0.488 e. The molecular weight excluding hydrogens is 459 g/mol. The van der Waals surface area contributed by atoms with Gasteiger partial charge in [-0.15, -0.1) is 0 Å². The fourth-order valence-corrected chi connectivity index (χ4v) is 4.05. The molecule has 1 aliphatic rings. The van der Waals surface area contributed by atoms with Gasteiger partial charge in [-0.05, 0) is 47.5 Å². The zero-order valence-corrected chi connectivity index (χ0v) is 19.3. The van der Waals surface area contributed by atoms with Crippen LogP contribution in [0, 0.1) is 12.7 Å². The number of nitrogens with one attached hydrogen (secondary N) is 1. The van der Waals surface area contributed by atoms with Crippen LogP contribution in [0.1, 0.15) is 16.7 Å². The number of ether oxygens (including phenoxy) is 1. The van der Waals surface area contributed by atoms with E-state index in [1.807, 2.05) is 61.5 Å². The predicted molar refractivity (Wildman–Crippen MR) is 135 cm³/mol. The Bertz CT molecular complexity index is 1540. The van der Waals surface area contributed by atoms with Gasteiger partial charge in [0.1, 0.15) is 23.7 Å². The maximum Gasteiger partial charge on any atom is 0.336 e. The summed E-state index contributed by atoms with van der Waals surface area (Å²) in [6.07, 6.45) is 1.39. The quantitative estimate of drug-likeness (QED) is 0.301. The molecule has 4 aromatic rings. The second kappa shape index (κ2) is 9.46. The van der Waals surface area contributed by atoms with E-state index in [9.17, 15) is 18.8 Å². The summed E-state index contributed by atoms with van der Waals surface area (Å²) >= 11 is 0. The Kier molecular flexibility index (Phi) is 6.04. The molecule has 0 saturated carbocycles. The van der Waals surface area contributed by atoms with Crippen LogP contribution in [0.3, 0.4) is 0 Å². The van der Waals surface area contributed by atoms with Crippen LogP contribution in [0.5, 0.6) is 5.75 Å². The normalized spacial score (nSPS) is 14.9. The van der Waals surface area contributed by atoms with Crippen molar-refractivity contribution >= 4 is 40.4 Å². The van der Waals surface area contributed by atoms with E-state index in [1.165, 1.54) is 24.3 Å². The Hall–Kier alpha value is -4.78. The van der Waals surface area contributed by atoms with Gasteiger partial charge in [0.15, 0.2) is 0 Å². The number of nitrogens with zero attached hydrogens (tertiary/aromatic N) is 1. The molecule has 1 heterocycles. The van der Waals surface area contributed by atoms with Crippen molar-refractivity contribution in [2.24, 2.45) is 0 Å². The minimum atomic E-state index is -1.01. The van der Waals surface area contributed by atoms with Crippen LogP contribution >= 0.6 is 0 Å². The summed E-state index contributed by atoms with van der Waals surface area (Å²) in [7, 11) is 0. The van der Waals surface area contributed by atoms with E-state index >= 15 is 0 Å². The standard InChI is InChI=1S/C29H21FN2O4/c1-18-10-12-19(13-11-18)17-36-26-15-14-20-6-2-3-7-21(20)22(26)16-23-27(33)31-29(35)32(28(23)34)25-9-5-4-8-24(25)30/h2-16H,17H2,1H3,(H,31,33,35)/b23-16-. The molecule has 1 aliphatic heterocycles. The Labute approximate surface area is 206 Å². The first kappa shape index (κ1) is 23.0. The van der Waals surface area contributed by atoms with E-state index in [2.05, 4.69) is 5.32 Å². The highest BCUT2D eigenvalue weighted by Crippen LogP contribution is 2.32. The molecule has 6 nitrogen and oxygen atoms in total. The van der Waals surface area contributed by atoms with Crippen molar-refractivity contribution in [3.63, 3.8) is 0 Å². The first-order valence-corrected chi connectivity index (χ1v) is 11.3. The fourth-order valence-electron chi connectivity index (χ4n) is 4.05. The van der Waals surface area contributed by atoms with Gasteiger partial charge in [0.25, 0.3) is 11.8 Å². The molecule has 0 spiro atoms. The summed E-state index contributed by atoms with van der Waals surface area (Å²) in [6, 6.07) is 23.4. The molecule has 0 bridgehead atoms. The fraction of sp³-hybridized carbons (Fsp3) is 0.0690. The van der Waals surface area contributed by atoms with Crippen molar-refractivity contribution < 1.29 is 23.5 Å². The van der Waals surface area contributed by atoms with E-state index in [0.29, 0.717) is 16.2 Å². The lowest BCUT2D eigenvalue weighted by Gasteiger charge is -2.26. The summed E-state index contributed by atoms with van der Waals surface area (Å²) < 4.78 is 20.5. The number of fused-ring (bicyclic) bond motifs is 1. The first-order chi connectivity index (χ1) is 17.4. The molecule has 4 amide bonds. The molecular formula is C29H21FN2O4. The number of carbonyl (C=O) groups excluding carboxylic acids is 3. The van der Waals surface area contributed by atoms with Crippen molar-refractivity contribution in [3.8, 4) is 5.75 Å². The van der Waals surface area contributed by atoms with Crippen molar-refractivity contribution in [2.75, 3.05) is 4.90 Å². The Morgan fingerprint density at radius 3 is 2.39 bits per heavy atom. The van der Waals surface area contributed by atoms with Crippen LogP contribution in [-0.2, 0) is 16.2 Å². The first-order valence-electron chi connectivity index (χ1n) is 11.3. The van der Waals surface area contributed by atoms with Crippen LogP contribution in [0.4, 0.5) is 14.9 Å². The average Bonchev–Trinajstić information content (AvgIpc) is 2.87. The molecule has 0 radical (unpaired) electrons. The summed E-state index contributed by atoms with van der Waals surface area (Å²) in [5.41, 5.74) is 2.03. The number of benzene rings is 4. The Morgan fingerprint density at radius 1 is 0.889 bits per heavy atom. The van der Waals surface area contributed by atoms with Crippen LogP contribution in [0.2, 0.25) is 0 Å². The van der Waals surface area contributed by atoms with Crippen LogP contribution in [0.25, 0.3) is 16.8 Å². The highest BCUT2D eigenvalue weighted by Gasteiger charge is 2.38. The molecule has 0 atom stereocenters. The Balaban J connectivity index is 1.59. The van der Waals surface area contributed by atoms with Crippen LogP contribution in [-0.4, -0.2) is 17.8 Å². The highest BCUT2D eigenvalue weighted by atomic mass is 19.1. The number of halogens is 1. The molecule has 5 rings (SSSR count). The number of amides is 4. The van der Waals surface area contributed by atoms with E-state index in [1.54, 1.807) is 6.07 Å². The Morgan fingerprint density at radius 2 is 1.61 bits per heavy atom. The van der Waals surface area contributed by atoms with Gasteiger partial charge in [0.2, 0.25) is 0 Å². The van der Waals surface area contributed by atoms with E-state index in [4.69, 9.17) is 4.74 Å². The molecule has 178 valence electrons. The number of hydrogen-bond acceptors (Lipinski definition) is 4. The van der Waals surface area contributed by atoms with E-state index in [-0.39, 0.29) is 17.9 Å². The van der Waals surface area contributed by atoms with E-state index < -0.39 is 23.7 Å². The van der Waals surface area contributed by atoms with Gasteiger partial charge in [-0.1, -0.05) is 72.3 Å². The lowest BCUT2D eigenvalue weighted by Crippen LogP contribution is -2.54. The molecule has 1 fully saturated rings. The van der Waals surface area contributed by atoms with Crippen LogP contribution in [0.15, 0.2) is 90.5 Å². The average molecular weight is 480 g/mol. The lowest BCUT2D eigenvalue weighted by molar-refractivity contribution is -0.122. The second-order valence-electron chi connectivity index (χ2n) is 8.38. The third-order valence-electron chi connectivity index (χ3n) is 5.93. The molecule has 1 saturated heterocycles. The molecule has 4 aromatic carbocycles. The molecule has 36 heavy (non-hydrogen) atoms. The minimum absolute atomic E-state index is 0.243. The number of carbonyl (C=O) groups is 3. The SMILES string of the molecule is Cc1ccc(COc2ccc3ccccc3c2/C=C2/C(=O)NC(=O)N(c3ccccc3F)C2=O)cc1. The smallest absolute Gasteiger partial charge is 0.336 e. The number of hydrogen-bond donors (Lipinski definition) is 1. The van der Waals surface area contributed by atoms with Gasteiger partial charge >= 0.3 is 6.03 Å². The number of para-hydroxylation sites is 1. The van der Waals surface area contributed by atoms with Crippen LogP contribution < -0.4 is 15.0 Å². The van der Waals surface area contributed by atoms with E-state index in [0.717, 1.165) is 28.0 Å². The lowest BCUT2D eigenvalue weighted by atomic mass is 9.99. The zero-order valence-electron chi connectivity index (χ0n) is 19.3. The van der Waals surface area contributed by atoms with Crippen molar-refractivity contribution in [1.82, 2.24) is 5.32 Å². The number of aryl methyl sites for hydroxylation is 1. The predicted octanol–water partition coefficient (Wildman–Crippen LogP) is 5.53. The van der Waals surface area contributed by atoms with Gasteiger partial charge in [-0.25, -0.2) is 14.1 Å². The molecule has 7 heteroatoms. The monoisotopic (exact) mass is 480 g/mol. The minimum Gasteiger partial charge on any atom is -0.488 e. The molecule has 0 aliphatic carbocycles. The van der Waals surface area contributed by atoms with Gasteiger partial charge in [-0.2, -0.15) is 0 Å². The topological polar surface area (TPSA) is 75.7 Å². The summed E-state index contributed by atoms with van der Waals surface area (Å²) in [5.74, 6) is -2.10. The number of urea groups is 1. The zero-order chi connectivity index (χ0) is 25.2. The molecule has 0 aromatic heterocycles. The maximum atomic E-state index is 14.4. The maximum absolute atomic E-state index is 14.4. The van der Waals surface area contributed by atoms with Gasteiger partial charge < -0.3 is 4.74 Å². The third-order valence-corrected chi connectivity index (χ3v) is 5.93. The number of barbiturate groups is 1. The third kappa shape index (κ3) is 4.34. The summed E-state index contributed by atoms with van der Waals surface area (Å²) in [5, 5.41) is 3.76. The van der Waals surface area contributed by atoms with Gasteiger partial charge in [-0.3, -0.25) is 14.9 Å². The summed E-state index contributed by atoms with van der Waals surface area (Å²) in [4.78, 5) is 39.2. The van der Waals surface area contributed by atoms with Crippen molar-refractivity contribution in [1.29, 1.82) is 0 Å². The van der Waals surface area contributed by atoms with Gasteiger partial charge in [0, 0.05) is 5.56 Å². The number of imide groups is 2. The summed E-state index contributed by atoms with van der Waals surface area (Å²) in [6.45, 7) is 2.27. The molecule has 1 N–H and O–H groups in total. The van der Waals surface area contributed by atoms with Crippen molar-refractivity contribution in [3.05, 3.63) is 113 Å². The van der Waals surface area contributed by atoms with Gasteiger partial charge in [0.05, 0.1) is 5.69 Å². The van der Waals surface area contributed by atoms with Crippen molar-refractivity contribution in [2.45, 2.75) is 13.5 Å². The second-order valence-corrected chi connectivity index (χ2v) is 8.38. The molecule has 0 unspecified atom stereocenters.